The van der Waals surface area contributed by atoms with Gasteiger partial charge in [0.05, 0.1) is 37.4 Å². The molecule has 3 rings (SSSR count). The van der Waals surface area contributed by atoms with E-state index in [1.165, 1.54) is 0 Å². The van der Waals surface area contributed by atoms with Crippen LogP contribution in [0.2, 0.25) is 0 Å². The molecule has 0 N–H and O–H groups in total. The van der Waals surface area contributed by atoms with Gasteiger partial charge in [-0.05, 0) is 35.7 Å². The summed E-state index contributed by atoms with van der Waals surface area (Å²) < 4.78 is 12.8. The van der Waals surface area contributed by atoms with Crippen molar-refractivity contribution in [3.8, 4) is 17.3 Å². The maximum absolute atomic E-state index is 12.4. The van der Waals surface area contributed by atoms with Crippen LogP contribution >= 0.6 is 0 Å². The van der Waals surface area contributed by atoms with E-state index in [0.29, 0.717) is 29.5 Å². The van der Waals surface area contributed by atoms with Crippen molar-refractivity contribution >= 4 is 5.91 Å². The molecule has 0 aliphatic rings. The molecule has 0 atom stereocenters. The molecule has 0 bridgehead atoms. The molecule has 1 heterocycles. The van der Waals surface area contributed by atoms with Gasteiger partial charge in [0.1, 0.15) is 5.75 Å². The first kappa shape index (κ1) is 20.3. The third-order valence-corrected chi connectivity index (χ3v) is 4.09. The number of para-hydroxylation sites is 1. The van der Waals surface area contributed by atoms with Crippen LogP contribution in [0.1, 0.15) is 19.4 Å². The van der Waals surface area contributed by atoms with Crippen molar-refractivity contribution in [1.82, 2.24) is 9.78 Å². The second kappa shape index (κ2) is 9.68. The van der Waals surface area contributed by atoms with Gasteiger partial charge in [0.2, 0.25) is 5.88 Å². The molecular weight excluding hydrogens is 366 g/mol. The van der Waals surface area contributed by atoms with Gasteiger partial charge in [-0.3, -0.25) is 4.79 Å². The Hall–Kier alpha value is -3.41. The molecule has 0 spiro atoms. The number of carbonyl (C=O) groups is 1. The van der Waals surface area contributed by atoms with Gasteiger partial charge in [-0.25, -0.2) is 9.67 Å². The molecule has 0 radical (unpaired) electrons. The summed E-state index contributed by atoms with van der Waals surface area (Å²) in [5, 5.41) is 4.90. The standard InChI is InChI=1S/C23H25N3O3/c1-17(2)16-29-23-14-19(15-24-26(23)20-9-5-4-6-10-20)25-22(27)13-18-8-7-11-21(12-18)28-3/h4-12,14-15,17H,13,16H2,1-3H3. The van der Waals surface area contributed by atoms with E-state index in [2.05, 4.69) is 23.9 Å². The van der Waals surface area contributed by atoms with Gasteiger partial charge >= 0.3 is 0 Å². The summed E-state index contributed by atoms with van der Waals surface area (Å²) in [4.78, 5) is 16.6. The summed E-state index contributed by atoms with van der Waals surface area (Å²) in [6.45, 7) is 4.69. The number of hydrogen-bond donors (Lipinski definition) is 0. The summed E-state index contributed by atoms with van der Waals surface area (Å²) in [7, 11) is 1.60. The minimum absolute atomic E-state index is 0.187. The Labute approximate surface area is 170 Å². The monoisotopic (exact) mass is 391 g/mol. The van der Waals surface area contributed by atoms with E-state index >= 15 is 0 Å². The van der Waals surface area contributed by atoms with E-state index < -0.39 is 0 Å². The highest BCUT2D eigenvalue weighted by Gasteiger charge is 2.08. The van der Waals surface area contributed by atoms with Crippen molar-refractivity contribution in [2.24, 2.45) is 10.9 Å². The van der Waals surface area contributed by atoms with Gasteiger partial charge in [0.15, 0.2) is 0 Å². The Bertz CT molecular complexity index is 1030. The molecule has 1 amide bonds. The quantitative estimate of drug-likeness (QED) is 0.617. The molecule has 0 aliphatic heterocycles. The largest absolute Gasteiger partial charge is 0.497 e. The fourth-order valence-electron chi connectivity index (χ4n) is 2.72. The molecular formula is C23H25N3O3. The number of aromatic nitrogens is 2. The average Bonchev–Trinajstić information content (AvgIpc) is 2.73. The lowest BCUT2D eigenvalue weighted by molar-refractivity contribution is -0.117. The number of amides is 1. The average molecular weight is 391 g/mol. The number of methoxy groups -OCH3 is 1. The highest BCUT2D eigenvalue weighted by atomic mass is 16.5. The third-order valence-electron chi connectivity index (χ3n) is 4.09. The third kappa shape index (κ3) is 5.78. The van der Waals surface area contributed by atoms with Crippen LogP contribution in [0.4, 0.5) is 0 Å². The van der Waals surface area contributed by atoms with Crippen LogP contribution in [0.15, 0.2) is 71.9 Å². The summed E-state index contributed by atoms with van der Waals surface area (Å²) in [6, 6.07) is 18.8. The lowest BCUT2D eigenvalue weighted by Gasteiger charge is -2.14. The molecule has 2 aromatic carbocycles. The van der Waals surface area contributed by atoms with E-state index in [9.17, 15) is 4.79 Å². The van der Waals surface area contributed by atoms with E-state index in [4.69, 9.17) is 9.47 Å². The van der Waals surface area contributed by atoms with Crippen LogP contribution < -0.4 is 14.8 Å². The number of hydrogen-bond acceptors (Lipinski definition) is 4. The SMILES string of the molecule is COc1cccc(CC(=O)N=c2cnn(-c3ccccc3)c(OCC(C)C)c2)c1. The zero-order valence-corrected chi connectivity index (χ0v) is 16.9. The van der Waals surface area contributed by atoms with Crippen molar-refractivity contribution in [1.29, 1.82) is 0 Å². The summed E-state index contributed by atoms with van der Waals surface area (Å²) >= 11 is 0. The van der Waals surface area contributed by atoms with Crippen molar-refractivity contribution in [3.63, 3.8) is 0 Å². The van der Waals surface area contributed by atoms with Crippen LogP contribution in [0.25, 0.3) is 5.69 Å². The van der Waals surface area contributed by atoms with E-state index in [1.807, 2.05) is 54.6 Å². The fraction of sp³-hybridized carbons (Fsp3) is 0.261. The topological polar surface area (TPSA) is 65.7 Å². The Morgan fingerprint density at radius 1 is 1.10 bits per heavy atom. The predicted octanol–water partition coefficient (Wildman–Crippen LogP) is 3.59. The fourth-order valence-corrected chi connectivity index (χ4v) is 2.72. The van der Waals surface area contributed by atoms with Crippen molar-refractivity contribution in [2.45, 2.75) is 20.3 Å². The number of benzene rings is 2. The summed E-state index contributed by atoms with van der Waals surface area (Å²) in [5.41, 5.74) is 1.72. The van der Waals surface area contributed by atoms with Crippen molar-refractivity contribution in [3.05, 3.63) is 77.8 Å². The normalized spacial score (nSPS) is 11.5. The molecule has 1 aromatic heterocycles. The second-order valence-corrected chi connectivity index (χ2v) is 7.04. The Morgan fingerprint density at radius 2 is 1.90 bits per heavy atom. The molecule has 29 heavy (non-hydrogen) atoms. The maximum Gasteiger partial charge on any atom is 0.250 e. The number of rotatable bonds is 7. The molecule has 3 aromatic rings. The van der Waals surface area contributed by atoms with Crippen molar-refractivity contribution in [2.75, 3.05) is 13.7 Å². The van der Waals surface area contributed by atoms with E-state index in [-0.39, 0.29) is 12.3 Å². The molecule has 0 saturated heterocycles. The van der Waals surface area contributed by atoms with E-state index in [0.717, 1.165) is 11.3 Å². The molecule has 0 unspecified atom stereocenters. The maximum atomic E-state index is 12.4. The smallest absolute Gasteiger partial charge is 0.250 e. The molecule has 0 fully saturated rings. The minimum Gasteiger partial charge on any atom is -0.497 e. The number of ether oxygens (including phenoxy) is 2. The van der Waals surface area contributed by atoms with Gasteiger partial charge in [0.25, 0.3) is 5.91 Å². The molecule has 6 heteroatoms. The van der Waals surface area contributed by atoms with Crippen LogP contribution in [-0.2, 0) is 11.2 Å². The van der Waals surface area contributed by atoms with Gasteiger partial charge in [-0.1, -0.05) is 44.2 Å². The first-order valence-corrected chi connectivity index (χ1v) is 9.53. The van der Waals surface area contributed by atoms with Gasteiger partial charge in [0, 0.05) is 6.07 Å². The zero-order chi connectivity index (χ0) is 20.6. The lowest BCUT2D eigenvalue weighted by Crippen LogP contribution is -2.17. The summed E-state index contributed by atoms with van der Waals surface area (Å²) in [5.74, 6) is 1.35. The molecule has 150 valence electrons. The first-order chi connectivity index (χ1) is 14.0. The van der Waals surface area contributed by atoms with Gasteiger partial charge in [-0.2, -0.15) is 5.10 Å². The Balaban J connectivity index is 1.88. The highest BCUT2D eigenvalue weighted by molar-refractivity contribution is 5.79. The molecule has 6 nitrogen and oxygen atoms in total. The van der Waals surface area contributed by atoms with Crippen LogP contribution in [0.5, 0.6) is 11.6 Å². The number of carbonyl (C=O) groups excluding carboxylic acids is 1. The second-order valence-electron chi connectivity index (χ2n) is 7.04. The van der Waals surface area contributed by atoms with E-state index in [1.54, 1.807) is 24.1 Å². The summed E-state index contributed by atoms with van der Waals surface area (Å²) in [6.07, 6.45) is 1.76. The lowest BCUT2D eigenvalue weighted by atomic mass is 10.1. The zero-order valence-electron chi connectivity index (χ0n) is 16.9. The van der Waals surface area contributed by atoms with Crippen LogP contribution in [-0.4, -0.2) is 29.4 Å². The van der Waals surface area contributed by atoms with Crippen LogP contribution in [0.3, 0.4) is 0 Å². The minimum atomic E-state index is -0.257. The Morgan fingerprint density at radius 3 is 2.62 bits per heavy atom. The number of nitrogens with zero attached hydrogens (tertiary/aromatic N) is 3. The molecule has 0 saturated carbocycles. The first-order valence-electron chi connectivity index (χ1n) is 9.53. The van der Waals surface area contributed by atoms with Crippen LogP contribution in [0, 0.1) is 5.92 Å². The highest BCUT2D eigenvalue weighted by Crippen LogP contribution is 2.15. The Kier molecular flexibility index (Phi) is 6.79. The van der Waals surface area contributed by atoms with Gasteiger partial charge < -0.3 is 9.47 Å². The predicted molar refractivity (Wildman–Crippen MR) is 111 cm³/mol. The molecule has 0 aliphatic carbocycles. The van der Waals surface area contributed by atoms with Crippen molar-refractivity contribution < 1.29 is 14.3 Å². The van der Waals surface area contributed by atoms with Gasteiger partial charge in [-0.15, -0.1) is 0 Å².